The number of hydrogen-bond acceptors (Lipinski definition) is 3. The maximum absolute atomic E-state index is 11.4. The first-order chi connectivity index (χ1) is 7.14. The standard InChI is InChI=1S/C10H20ClNO3/c1-2-10(7-13,8-14)12-9(15)5-3-4-6-11/h13-14H,2-8H2,1H3,(H,12,15). The second kappa shape index (κ2) is 7.91. The van der Waals surface area contributed by atoms with Crippen molar-refractivity contribution in [1.29, 1.82) is 0 Å². The summed E-state index contributed by atoms with van der Waals surface area (Å²) in [5.41, 5.74) is -0.877. The molecule has 90 valence electrons. The molecule has 3 N–H and O–H groups in total. The average molecular weight is 238 g/mol. The van der Waals surface area contributed by atoms with Crippen LogP contribution in [-0.4, -0.2) is 40.8 Å². The van der Waals surface area contributed by atoms with E-state index in [2.05, 4.69) is 5.32 Å². The summed E-state index contributed by atoms with van der Waals surface area (Å²) in [6, 6.07) is 0. The summed E-state index contributed by atoms with van der Waals surface area (Å²) >= 11 is 5.49. The third-order valence-corrected chi connectivity index (χ3v) is 2.74. The highest BCUT2D eigenvalue weighted by Gasteiger charge is 2.27. The molecule has 0 radical (unpaired) electrons. The number of aliphatic hydroxyl groups excluding tert-OH is 2. The topological polar surface area (TPSA) is 69.6 Å². The fourth-order valence-corrected chi connectivity index (χ4v) is 1.37. The van der Waals surface area contributed by atoms with Gasteiger partial charge in [-0.25, -0.2) is 0 Å². The molecular weight excluding hydrogens is 218 g/mol. The highest BCUT2D eigenvalue weighted by Crippen LogP contribution is 2.09. The number of aliphatic hydroxyl groups is 2. The van der Waals surface area contributed by atoms with E-state index in [-0.39, 0.29) is 19.1 Å². The zero-order chi connectivity index (χ0) is 11.7. The Balaban J connectivity index is 4.00. The minimum absolute atomic E-state index is 0.148. The van der Waals surface area contributed by atoms with Crippen molar-refractivity contribution >= 4 is 17.5 Å². The Bertz CT molecular complexity index is 175. The van der Waals surface area contributed by atoms with E-state index in [1.807, 2.05) is 6.92 Å². The largest absolute Gasteiger partial charge is 0.394 e. The van der Waals surface area contributed by atoms with Crippen molar-refractivity contribution in [2.45, 2.75) is 38.1 Å². The molecule has 0 atom stereocenters. The number of alkyl halides is 1. The number of rotatable bonds is 8. The second-order valence-corrected chi connectivity index (χ2v) is 4.02. The van der Waals surface area contributed by atoms with Crippen molar-refractivity contribution in [2.24, 2.45) is 0 Å². The van der Waals surface area contributed by atoms with E-state index in [1.54, 1.807) is 0 Å². The van der Waals surface area contributed by atoms with Gasteiger partial charge in [-0.05, 0) is 19.3 Å². The molecule has 0 saturated heterocycles. The molecule has 5 heteroatoms. The Hall–Kier alpha value is -0.320. The molecule has 0 fully saturated rings. The molecule has 0 unspecified atom stereocenters. The number of hydrogen-bond donors (Lipinski definition) is 3. The summed E-state index contributed by atoms with van der Waals surface area (Å²) in [6.07, 6.45) is 2.41. The van der Waals surface area contributed by atoms with Crippen LogP contribution in [0.3, 0.4) is 0 Å². The third-order valence-electron chi connectivity index (χ3n) is 2.47. The summed E-state index contributed by atoms with van der Waals surface area (Å²) in [5.74, 6) is 0.400. The van der Waals surface area contributed by atoms with E-state index in [0.29, 0.717) is 18.7 Å². The lowest BCUT2D eigenvalue weighted by Gasteiger charge is -2.29. The van der Waals surface area contributed by atoms with E-state index in [1.165, 1.54) is 0 Å². The fraction of sp³-hybridized carbons (Fsp3) is 0.900. The highest BCUT2D eigenvalue weighted by molar-refractivity contribution is 6.17. The zero-order valence-corrected chi connectivity index (χ0v) is 9.89. The van der Waals surface area contributed by atoms with E-state index < -0.39 is 5.54 Å². The molecule has 0 bridgehead atoms. The third kappa shape index (κ3) is 5.35. The lowest BCUT2D eigenvalue weighted by Crippen LogP contribution is -2.53. The number of carbonyl (C=O) groups excluding carboxylic acids is 1. The predicted molar refractivity (Wildman–Crippen MR) is 59.9 cm³/mol. The Kier molecular flexibility index (Phi) is 7.74. The normalized spacial score (nSPS) is 11.5. The van der Waals surface area contributed by atoms with Crippen LogP contribution in [0.4, 0.5) is 0 Å². The van der Waals surface area contributed by atoms with E-state index in [9.17, 15) is 4.79 Å². The van der Waals surface area contributed by atoms with Gasteiger partial charge in [0.2, 0.25) is 5.91 Å². The lowest BCUT2D eigenvalue weighted by molar-refractivity contribution is -0.124. The molecule has 4 nitrogen and oxygen atoms in total. The maximum atomic E-state index is 11.4. The smallest absolute Gasteiger partial charge is 0.220 e. The molecule has 0 aliphatic carbocycles. The summed E-state index contributed by atoms with van der Waals surface area (Å²) in [7, 11) is 0. The van der Waals surface area contributed by atoms with E-state index >= 15 is 0 Å². The first-order valence-electron chi connectivity index (χ1n) is 5.23. The molecule has 0 saturated carbocycles. The van der Waals surface area contributed by atoms with E-state index in [4.69, 9.17) is 21.8 Å². The molecule has 0 rings (SSSR count). The fourth-order valence-electron chi connectivity index (χ4n) is 1.18. The van der Waals surface area contributed by atoms with Gasteiger partial charge in [0.05, 0.1) is 18.8 Å². The zero-order valence-electron chi connectivity index (χ0n) is 9.13. The van der Waals surface area contributed by atoms with Crippen LogP contribution in [-0.2, 0) is 4.79 Å². The van der Waals surface area contributed by atoms with Crippen LogP contribution in [0.5, 0.6) is 0 Å². The number of nitrogens with one attached hydrogen (secondary N) is 1. The summed E-state index contributed by atoms with van der Waals surface area (Å²) in [5, 5.41) is 20.9. The Labute approximate surface area is 95.6 Å². The molecule has 0 aromatic rings. The van der Waals surface area contributed by atoms with E-state index in [0.717, 1.165) is 12.8 Å². The first-order valence-corrected chi connectivity index (χ1v) is 5.76. The number of amides is 1. The van der Waals surface area contributed by atoms with Gasteiger partial charge in [-0.3, -0.25) is 4.79 Å². The van der Waals surface area contributed by atoms with Crippen molar-refractivity contribution in [3.8, 4) is 0 Å². The Morgan fingerprint density at radius 2 is 1.93 bits per heavy atom. The molecule has 0 aromatic heterocycles. The minimum atomic E-state index is -0.877. The van der Waals surface area contributed by atoms with Crippen LogP contribution in [0.25, 0.3) is 0 Å². The van der Waals surface area contributed by atoms with Crippen LogP contribution in [0.15, 0.2) is 0 Å². The van der Waals surface area contributed by atoms with Crippen molar-refractivity contribution in [3.05, 3.63) is 0 Å². The van der Waals surface area contributed by atoms with Gasteiger partial charge in [-0.15, -0.1) is 11.6 Å². The molecule has 0 aliphatic rings. The summed E-state index contributed by atoms with van der Waals surface area (Å²) in [6.45, 7) is 1.31. The van der Waals surface area contributed by atoms with Crippen LogP contribution in [0, 0.1) is 0 Å². The van der Waals surface area contributed by atoms with Crippen LogP contribution < -0.4 is 5.32 Å². The van der Waals surface area contributed by atoms with Gasteiger partial charge in [0.15, 0.2) is 0 Å². The van der Waals surface area contributed by atoms with Gasteiger partial charge in [-0.2, -0.15) is 0 Å². The van der Waals surface area contributed by atoms with Gasteiger partial charge in [-0.1, -0.05) is 6.92 Å². The van der Waals surface area contributed by atoms with Gasteiger partial charge < -0.3 is 15.5 Å². The molecule has 0 heterocycles. The number of carbonyl (C=O) groups is 1. The highest BCUT2D eigenvalue weighted by atomic mass is 35.5. The van der Waals surface area contributed by atoms with Gasteiger partial charge >= 0.3 is 0 Å². The molecule has 15 heavy (non-hydrogen) atoms. The van der Waals surface area contributed by atoms with Crippen molar-refractivity contribution in [3.63, 3.8) is 0 Å². The van der Waals surface area contributed by atoms with Crippen molar-refractivity contribution in [2.75, 3.05) is 19.1 Å². The quantitative estimate of drug-likeness (QED) is 0.429. The van der Waals surface area contributed by atoms with Crippen molar-refractivity contribution in [1.82, 2.24) is 5.32 Å². The van der Waals surface area contributed by atoms with Crippen molar-refractivity contribution < 1.29 is 15.0 Å². The predicted octanol–water partition coefficient (Wildman–Crippen LogP) is 0.645. The molecule has 1 amide bonds. The average Bonchev–Trinajstić information content (AvgIpc) is 2.26. The Morgan fingerprint density at radius 3 is 2.33 bits per heavy atom. The second-order valence-electron chi connectivity index (χ2n) is 3.64. The number of halogens is 1. The van der Waals surface area contributed by atoms with Gasteiger partial charge in [0, 0.05) is 12.3 Å². The van der Waals surface area contributed by atoms with Gasteiger partial charge in [0.25, 0.3) is 0 Å². The van der Waals surface area contributed by atoms with Crippen LogP contribution in [0.1, 0.15) is 32.6 Å². The minimum Gasteiger partial charge on any atom is -0.394 e. The summed E-state index contributed by atoms with van der Waals surface area (Å²) < 4.78 is 0. The van der Waals surface area contributed by atoms with Crippen LogP contribution >= 0.6 is 11.6 Å². The van der Waals surface area contributed by atoms with Gasteiger partial charge in [0.1, 0.15) is 0 Å². The summed E-state index contributed by atoms with van der Waals surface area (Å²) in [4.78, 5) is 11.4. The van der Waals surface area contributed by atoms with Crippen LogP contribution in [0.2, 0.25) is 0 Å². The maximum Gasteiger partial charge on any atom is 0.220 e. The lowest BCUT2D eigenvalue weighted by atomic mass is 9.98. The molecule has 0 aromatic carbocycles. The first kappa shape index (κ1) is 14.7. The molecular formula is C10H20ClNO3. The molecule has 0 aliphatic heterocycles. The SMILES string of the molecule is CCC(CO)(CO)NC(=O)CCCCCl. The number of unbranched alkanes of at least 4 members (excludes halogenated alkanes) is 1. The molecule has 0 spiro atoms. The Morgan fingerprint density at radius 1 is 1.33 bits per heavy atom. The monoisotopic (exact) mass is 237 g/mol.